The summed E-state index contributed by atoms with van der Waals surface area (Å²) in [7, 11) is 0. The van der Waals surface area contributed by atoms with Crippen molar-refractivity contribution in [2.75, 3.05) is 26.2 Å². The Labute approximate surface area is 156 Å². The van der Waals surface area contributed by atoms with E-state index in [0.717, 1.165) is 13.1 Å². The molecule has 2 N–H and O–H groups in total. The normalized spacial score (nSPS) is 23.5. The van der Waals surface area contributed by atoms with Crippen LogP contribution >= 0.6 is 0 Å². The van der Waals surface area contributed by atoms with Gasteiger partial charge in [0.2, 0.25) is 5.91 Å². The van der Waals surface area contributed by atoms with Crippen molar-refractivity contribution < 1.29 is 19.4 Å². The van der Waals surface area contributed by atoms with Crippen molar-refractivity contribution in [2.24, 2.45) is 5.92 Å². The van der Waals surface area contributed by atoms with Gasteiger partial charge >= 0.3 is 0 Å². The number of benzene rings is 1. The molecule has 26 heavy (non-hydrogen) atoms. The maximum Gasteiger partial charge on any atom is 0.237 e. The van der Waals surface area contributed by atoms with Crippen LogP contribution in [0, 0.1) is 5.92 Å². The van der Waals surface area contributed by atoms with Gasteiger partial charge in [0, 0.05) is 19.6 Å². The van der Waals surface area contributed by atoms with Crippen molar-refractivity contribution in [1.29, 1.82) is 0 Å². The molecule has 0 aliphatic carbocycles. The Kier molecular flexibility index (Phi) is 7.87. The van der Waals surface area contributed by atoms with Crippen molar-refractivity contribution in [2.45, 2.75) is 52.0 Å². The van der Waals surface area contributed by atoms with Crippen molar-refractivity contribution >= 4 is 5.91 Å². The summed E-state index contributed by atoms with van der Waals surface area (Å²) in [6.45, 7) is 9.94. The predicted molar refractivity (Wildman–Crippen MR) is 101 cm³/mol. The van der Waals surface area contributed by atoms with Crippen molar-refractivity contribution in [3.8, 4) is 5.75 Å². The molecule has 0 bridgehead atoms. The number of aliphatic hydroxyl groups is 1. The highest BCUT2D eigenvalue weighted by atomic mass is 16.5. The molecule has 1 amide bonds. The molecule has 6 heteroatoms. The van der Waals surface area contributed by atoms with Crippen LogP contribution in [0.2, 0.25) is 0 Å². The fourth-order valence-electron chi connectivity index (χ4n) is 3.43. The van der Waals surface area contributed by atoms with Crippen LogP contribution in [0.15, 0.2) is 30.3 Å². The van der Waals surface area contributed by atoms with Crippen LogP contribution in [0.4, 0.5) is 0 Å². The molecule has 0 radical (unpaired) electrons. The summed E-state index contributed by atoms with van der Waals surface area (Å²) >= 11 is 0. The van der Waals surface area contributed by atoms with Gasteiger partial charge < -0.3 is 19.9 Å². The van der Waals surface area contributed by atoms with E-state index in [9.17, 15) is 9.90 Å². The molecule has 6 nitrogen and oxygen atoms in total. The molecule has 1 aliphatic heterocycles. The lowest BCUT2D eigenvalue weighted by atomic mass is 9.99. The number of rotatable bonds is 8. The van der Waals surface area contributed by atoms with Crippen LogP contribution in [0.3, 0.4) is 0 Å². The van der Waals surface area contributed by atoms with E-state index in [1.165, 1.54) is 0 Å². The second-order valence-electron chi connectivity index (χ2n) is 7.42. The molecular weight excluding hydrogens is 332 g/mol. The number of carbonyl (C=O) groups excluding carboxylic acids is 1. The summed E-state index contributed by atoms with van der Waals surface area (Å²) < 4.78 is 11.3. The minimum Gasteiger partial charge on any atom is -0.491 e. The van der Waals surface area contributed by atoms with E-state index in [-0.39, 0.29) is 43.2 Å². The highest BCUT2D eigenvalue weighted by molar-refractivity contribution is 5.82. The van der Waals surface area contributed by atoms with E-state index in [4.69, 9.17) is 9.47 Å². The lowest BCUT2D eigenvalue weighted by molar-refractivity contribution is -0.135. The molecule has 0 saturated carbocycles. The summed E-state index contributed by atoms with van der Waals surface area (Å²) in [6, 6.07) is 9.10. The number of nitrogens with one attached hydrogen (secondary N) is 1. The number of ether oxygens (including phenoxy) is 2. The summed E-state index contributed by atoms with van der Waals surface area (Å²) in [5, 5.41) is 13.0. The van der Waals surface area contributed by atoms with Gasteiger partial charge in [0.25, 0.3) is 0 Å². The van der Waals surface area contributed by atoms with Crippen LogP contribution in [0.1, 0.15) is 27.7 Å². The number of para-hydroxylation sites is 1. The van der Waals surface area contributed by atoms with Crippen LogP contribution < -0.4 is 10.1 Å². The van der Waals surface area contributed by atoms with Gasteiger partial charge in [-0.2, -0.15) is 0 Å². The third-order valence-corrected chi connectivity index (χ3v) is 4.44. The summed E-state index contributed by atoms with van der Waals surface area (Å²) in [5.41, 5.74) is 0. The van der Waals surface area contributed by atoms with Crippen LogP contribution in [-0.4, -0.2) is 66.5 Å². The molecule has 4 unspecified atom stereocenters. The van der Waals surface area contributed by atoms with Crippen LogP contribution in [-0.2, 0) is 9.53 Å². The lowest BCUT2D eigenvalue weighted by Crippen LogP contribution is -2.57. The maximum atomic E-state index is 12.7. The van der Waals surface area contributed by atoms with Gasteiger partial charge in [-0.1, -0.05) is 32.0 Å². The first kappa shape index (κ1) is 20.7. The van der Waals surface area contributed by atoms with Gasteiger partial charge in [0.05, 0.1) is 18.2 Å². The Balaban J connectivity index is 1.83. The molecule has 0 aromatic heterocycles. The number of carbonyl (C=O) groups is 1. The zero-order valence-electron chi connectivity index (χ0n) is 16.2. The van der Waals surface area contributed by atoms with E-state index in [0.29, 0.717) is 5.75 Å². The summed E-state index contributed by atoms with van der Waals surface area (Å²) in [5.74, 6) is 0.819. The monoisotopic (exact) mass is 364 g/mol. The first-order chi connectivity index (χ1) is 12.4. The molecule has 1 fully saturated rings. The molecule has 1 saturated heterocycles. The number of hydrogen-bond donors (Lipinski definition) is 2. The zero-order chi connectivity index (χ0) is 19.1. The first-order valence-electron chi connectivity index (χ1n) is 9.40. The van der Waals surface area contributed by atoms with E-state index in [1.807, 2.05) is 58.0 Å². The van der Waals surface area contributed by atoms with Gasteiger partial charge in [-0.05, 0) is 31.9 Å². The molecular formula is C20H32N2O4. The number of aliphatic hydroxyl groups excluding tert-OH is 1. The van der Waals surface area contributed by atoms with Gasteiger partial charge in [-0.25, -0.2) is 0 Å². The number of nitrogens with zero attached hydrogens (tertiary/aromatic N) is 1. The van der Waals surface area contributed by atoms with Crippen LogP contribution in [0.5, 0.6) is 5.75 Å². The largest absolute Gasteiger partial charge is 0.491 e. The molecule has 2 rings (SSSR count). The zero-order valence-corrected chi connectivity index (χ0v) is 16.2. The first-order valence-corrected chi connectivity index (χ1v) is 9.40. The standard InChI is InChI=1S/C20H32N2O4/c1-14(2)19(22-11-15(3)26-16(4)12-22)20(24)21-10-17(23)13-25-18-8-6-5-7-9-18/h5-9,14-17,19,23H,10-13H2,1-4H3,(H,21,24). The van der Waals surface area contributed by atoms with E-state index in [1.54, 1.807) is 0 Å². The molecule has 146 valence electrons. The second kappa shape index (κ2) is 9.90. The Bertz CT molecular complexity index is 542. The third-order valence-electron chi connectivity index (χ3n) is 4.44. The van der Waals surface area contributed by atoms with E-state index >= 15 is 0 Å². The highest BCUT2D eigenvalue weighted by Crippen LogP contribution is 2.18. The molecule has 1 aliphatic rings. The maximum absolute atomic E-state index is 12.7. The summed E-state index contributed by atoms with van der Waals surface area (Å²) in [4.78, 5) is 14.9. The minimum atomic E-state index is -0.755. The fourth-order valence-corrected chi connectivity index (χ4v) is 3.43. The molecule has 4 atom stereocenters. The van der Waals surface area contributed by atoms with Crippen molar-refractivity contribution in [1.82, 2.24) is 10.2 Å². The van der Waals surface area contributed by atoms with E-state index in [2.05, 4.69) is 10.2 Å². The Hall–Kier alpha value is -1.63. The Morgan fingerprint density at radius 1 is 1.27 bits per heavy atom. The van der Waals surface area contributed by atoms with Gasteiger partial charge in [-0.15, -0.1) is 0 Å². The van der Waals surface area contributed by atoms with Gasteiger partial charge in [-0.3, -0.25) is 9.69 Å². The third kappa shape index (κ3) is 6.27. The molecule has 1 aromatic carbocycles. The minimum absolute atomic E-state index is 0.0555. The molecule has 0 spiro atoms. The smallest absolute Gasteiger partial charge is 0.237 e. The van der Waals surface area contributed by atoms with Gasteiger partial charge in [0.1, 0.15) is 18.5 Å². The predicted octanol–water partition coefficient (Wildman–Crippen LogP) is 1.68. The Morgan fingerprint density at radius 3 is 2.46 bits per heavy atom. The molecule has 1 heterocycles. The van der Waals surface area contributed by atoms with Crippen molar-refractivity contribution in [3.63, 3.8) is 0 Å². The quantitative estimate of drug-likeness (QED) is 0.734. The van der Waals surface area contributed by atoms with Crippen molar-refractivity contribution in [3.05, 3.63) is 30.3 Å². The number of hydrogen-bond acceptors (Lipinski definition) is 5. The summed E-state index contributed by atoms with van der Waals surface area (Å²) in [6.07, 6.45) is -0.537. The lowest BCUT2D eigenvalue weighted by Gasteiger charge is -2.41. The van der Waals surface area contributed by atoms with E-state index < -0.39 is 6.10 Å². The molecule has 1 aromatic rings. The average molecular weight is 364 g/mol. The number of amides is 1. The Morgan fingerprint density at radius 2 is 1.88 bits per heavy atom. The average Bonchev–Trinajstić information content (AvgIpc) is 2.58. The SMILES string of the molecule is CC1CN(C(C(=O)NCC(O)COc2ccccc2)C(C)C)CC(C)O1. The van der Waals surface area contributed by atoms with Gasteiger partial charge in [0.15, 0.2) is 0 Å². The highest BCUT2D eigenvalue weighted by Gasteiger charge is 2.34. The number of morpholine rings is 1. The fraction of sp³-hybridized carbons (Fsp3) is 0.650. The topological polar surface area (TPSA) is 71.0 Å². The van der Waals surface area contributed by atoms with Crippen LogP contribution in [0.25, 0.3) is 0 Å². The second-order valence-corrected chi connectivity index (χ2v) is 7.42.